The second-order valence-electron chi connectivity index (χ2n) is 2.80. The maximum absolute atomic E-state index is 3.97. The first-order chi connectivity index (χ1) is 6.77. The largest absolute Gasteiger partial charge is 0.254 e. The van der Waals surface area contributed by atoms with Crippen LogP contribution in [0.5, 0.6) is 0 Å². The van der Waals surface area contributed by atoms with Gasteiger partial charge in [0, 0.05) is 20.7 Å². The molecule has 0 fully saturated rings. The molecule has 3 heteroatoms. The van der Waals surface area contributed by atoms with Crippen LogP contribution in [0.4, 0.5) is 0 Å². The van der Waals surface area contributed by atoms with Crippen LogP contribution in [0.2, 0.25) is 0 Å². The van der Waals surface area contributed by atoms with E-state index in [1.807, 2.05) is 30.3 Å². The van der Waals surface area contributed by atoms with Gasteiger partial charge in [-0.05, 0) is 23.8 Å². The lowest BCUT2D eigenvalue weighted by molar-refractivity contribution is 1.31. The topological polar surface area (TPSA) is 12.9 Å². The standard InChI is InChI=1S/C11H6Br2N/c12-9-3-4-10(11(13)6-9)8-2-1-5-14-7-8/h1-4,6-7H. The molecule has 2 rings (SSSR count). The summed E-state index contributed by atoms with van der Waals surface area (Å²) in [6.07, 6.45) is 4.56. The Morgan fingerprint density at radius 3 is 2.64 bits per heavy atom. The molecule has 0 amide bonds. The molecule has 1 nitrogen and oxygen atoms in total. The number of hydrogen-bond donors (Lipinski definition) is 0. The SMILES string of the molecule is Brc1ccc(-c2cc[c]nc2)c(Br)c1. The molecule has 0 saturated heterocycles. The van der Waals surface area contributed by atoms with E-state index in [0.717, 1.165) is 20.1 Å². The summed E-state index contributed by atoms with van der Waals surface area (Å²) in [5.74, 6) is 0. The summed E-state index contributed by atoms with van der Waals surface area (Å²) in [6, 6.07) is 9.87. The summed E-state index contributed by atoms with van der Waals surface area (Å²) in [7, 11) is 0. The van der Waals surface area contributed by atoms with Gasteiger partial charge in [-0.15, -0.1) is 0 Å². The molecule has 0 spiro atoms. The van der Waals surface area contributed by atoms with Gasteiger partial charge in [0.15, 0.2) is 0 Å². The summed E-state index contributed by atoms with van der Waals surface area (Å²) < 4.78 is 2.11. The molecular weight excluding hydrogens is 306 g/mol. The van der Waals surface area contributed by atoms with Crippen molar-refractivity contribution in [3.8, 4) is 11.1 Å². The van der Waals surface area contributed by atoms with Gasteiger partial charge in [-0.1, -0.05) is 44.0 Å². The first-order valence-corrected chi connectivity index (χ1v) is 5.63. The highest BCUT2D eigenvalue weighted by Gasteiger charge is 2.02. The Labute approximate surface area is 99.4 Å². The van der Waals surface area contributed by atoms with Gasteiger partial charge in [-0.25, -0.2) is 0 Å². The van der Waals surface area contributed by atoms with Crippen LogP contribution in [0.15, 0.2) is 45.5 Å². The van der Waals surface area contributed by atoms with Crippen molar-refractivity contribution in [3.05, 3.63) is 51.7 Å². The van der Waals surface area contributed by atoms with E-state index in [9.17, 15) is 0 Å². The number of benzene rings is 1. The quantitative estimate of drug-likeness (QED) is 0.773. The molecular formula is C11H6Br2N. The average Bonchev–Trinajstić information content (AvgIpc) is 2.19. The predicted octanol–water partition coefficient (Wildman–Crippen LogP) is 4.07. The normalized spacial score (nSPS) is 10.1. The second-order valence-corrected chi connectivity index (χ2v) is 4.57. The fourth-order valence-corrected chi connectivity index (χ4v) is 2.48. The number of aromatic nitrogens is 1. The maximum Gasteiger partial charge on any atom is 0.0886 e. The third-order valence-corrected chi connectivity index (χ3v) is 3.01. The number of nitrogens with zero attached hydrogens (tertiary/aromatic N) is 1. The Kier molecular flexibility index (Phi) is 2.99. The number of halogens is 2. The molecule has 1 heterocycles. The zero-order valence-corrected chi connectivity index (χ0v) is 10.3. The Balaban J connectivity index is 2.53. The van der Waals surface area contributed by atoms with Crippen molar-refractivity contribution in [2.24, 2.45) is 0 Å². The highest BCUT2D eigenvalue weighted by atomic mass is 79.9. The van der Waals surface area contributed by atoms with E-state index in [4.69, 9.17) is 0 Å². The molecule has 1 aromatic carbocycles. The number of rotatable bonds is 1. The third kappa shape index (κ3) is 2.04. The van der Waals surface area contributed by atoms with E-state index < -0.39 is 0 Å². The average molecular weight is 312 g/mol. The minimum Gasteiger partial charge on any atom is -0.254 e. The van der Waals surface area contributed by atoms with Gasteiger partial charge in [-0.2, -0.15) is 0 Å². The van der Waals surface area contributed by atoms with Crippen LogP contribution < -0.4 is 0 Å². The molecule has 14 heavy (non-hydrogen) atoms. The van der Waals surface area contributed by atoms with Gasteiger partial charge in [-0.3, -0.25) is 4.98 Å². The number of hydrogen-bond acceptors (Lipinski definition) is 1. The van der Waals surface area contributed by atoms with Crippen molar-refractivity contribution >= 4 is 31.9 Å². The van der Waals surface area contributed by atoms with E-state index in [2.05, 4.69) is 43.0 Å². The van der Waals surface area contributed by atoms with Gasteiger partial charge in [0.05, 0.1) is 6.20 Å². The molecule has 0 unspecified atom stereocenters. The fraction of sp³-hybridized carbons (Fsp3) is 0. The molecule has 1 radical (unpaired) electrons. The minimum atomic E-state index is 1.06. The molecule has 1 aromatic heterocycles. The van der Waals surface area contributed by atoms with Crippen LogP contribution in [-0.4, -0.2) is 4.98 Å². The van der Waals surface area contributed by atoms with Crippen molar-refractivity contribution < 1.29 is 0 Å². The Bertz CT molecular complexity index is 440. The van der Waals surface area contributed by atoms with Crippen molar-refractivity contribution in [2.75, 3.05) is 0 Å². The molecule has 0 saturated carbocycles. The lowest BCUT2D eigenvalue weighted by Gasteiger charge is -2.03. The molecule has 0 aliphatic carbocycles. The van der Waals surface area contributed by atoms with Crippen molar-refractivity contribution in [1.82, 2.24) is 4.98 Å². The minimum absolute atomic E-state index is 1.06. The van der Waals surface area contributed by atoms with E-state index in [1.165, 1.54) is 0 Å². The van der Waals surface area contributed by atoms with E-state index in [-0.39, 0.29) is 0 Å². The summed E-state index contributed by atoms with van der Waals surface area (Å²) in [4.78, 5) is 3.97. The van der Waals surface area contributed by atoms with Crippen LogP contribution in [0.1, 0.15) is 0 Å². The van der Waals surface area contributed by atoms with Gasteiger partial charge >= 0.3 is 0 Å². The van der Waals surface area contributed by atoms with Crippen LogP contribution in [0, 0.1) is 6.20 Å². The lowest BCUT2D eigenvalue weighted by Crippen LogP contribution is -1.81. The van der Waals surface area contributed by atoms with Crippen molar-refractivity contribution in [2.45, 2.75) is 0 Å². The van der Waals surface area contributed by atoms with Gasteiger partial charge in [0.25, 0.3) is 0 Å². The Hall–Kier alpha value is -0.670. The van der Waals surface area contributed by atoms with Gasteiger partial charge < -0.3 is 0 Å². The first-order valence-electron chi connectivity index (χ1n) is 4.05. The molecule has 0 N–H and O–H groups in total. The monoisotopic (exact) mass is 310 g/mol. The van der Waals surface area contributed by atoms with Gasteiger partial charge in [0.2, 0.25) is 0 Å². The van der Waals surface area contributed by atoms with Crippen LogP contribution in [0.3, 0.4) is 0 Å². The molecule has 2 aromatic rings. The molecule has 0 aliphatic rings. The van der Waals surface area contributed by atoms with Crippen molar-refractivity contribution in [3.63, 3.8) is 0 Å². The summed E-state index contributed by atoms with van der Waals surface area (Å²) in [5.41, 5.74) is 2.22. The zero-order valence-electron chi connectivity index (χ0n) is 7.17. The summed E-state index contributed by atoms with van der Waals surface area (Å²) in [5, 5.41) is 0. The maximum atomic E-state index is 3.97. The first kappa shape index (κ1) is 9.87. The second kappa shape index (κ2) is 4.24. The summed E-state index contributed by atoms with van der Waals surface area (Å²) in [6.45, 7) is 0. The molecule has 0 atom stereocenters. The highest BCUT2D eigenvalue weighted by Crippen LogP contribution is 2.29. The van der Waals surface area contributed by atoms with Crippen LogP contribution in [0.25, 0.3) is 11.1 Å². The number of pyridine rings is 1. The smallest absolute Gasteiger partial charge is 0.0886 e. The molecule has 0 bridgehead atoms. The van der Waals surface area contributed by atoms with E-state index in [1.54, 1.807) is 6.20 Å². The lowest BCUT2D eigenvalue weighted by atomic mass is 10.1. The zero-order chi connectivity index (χ0) is 9.97. The summed E-state index contributed by atoms with van der Waals surface area (Å²) >= 11 is 6.93. The van der Waals surface area contributed by atoms with Crippen LogP contribution in [-0.2, 0) is 0 Å². The fourth-order valence-electron chi connectivity index (χ4n) is 1.20. The van der Waals surface area contributed by atoms with E-state index in [0.29, 0.717) is 0 Å². The van der Waals surface area contributed by atoms with Crippen LogP contribution >= 0.6 is 31.9 Å². The van der Waals surface area contributed by atoms with Crippen molar-refractivity contribution in [1.29, 1.82) is 0 Å². The Morgan fingerprint density at radius 2 is 2.00 bits per heavy atom. The van der Waals surface area contributed by atoms with E-state index >= 15 is 0 Å². The molecule has 0 aliphatic heterocycles. The predicted molar refractivity (Wildman–Crippen MR) is 63.9 cm³/mol. The van der Waals surface area contributed by atoms with Gasteiger partial charge in [0.1, 0.15) is 0 Å². The third-order valence-electron chi connectivity index (χ3n) is 1.86. The Morgan fingerprint density at radius 1 is 1.14 bits per heavy atom. The highest BCUT2D eigenvalue weighted by molar-refractivity contribution is 9.11. The molecule has 69 valence electrons.